The van der Waals surface area contributed by atoms with Crippen molar-refractivity contribution >= 4 is 17.5 Å². The van der Waals surface area contributed by atoms with Gasteiger partial charge in [0.1, 0.15) is 11.7 Å². The van der Waals surface area contributed by atoms with Crippen LogP contribution in [0.5, 0.6) is 0 Å². The number of carbonyl (C=O) groups excluding carboxylic acids is 2. The van der Waals surface area contributed by atoms with Crippen molar-refractivity contribution < 1.29 is 9.59 Å². The Bertz CT molecular complexity index is 955. The zero-order valence-electron chi connectivity index (χ0n) is 15.3. The first kappa shape index (κ1) is 17.9. The second-order valence-corrected chi connectivity index (χ2v) is 6.68. The van der Waals surface area contributed by atoms with E-state index in [1.165, 1.54) is 0 Å². The first-order chi connectivity index (χ1) is 13.7. The maximum absolute atomic E-state index is 12.6. The van der Waals surface area contributed by atoms with E-state index in [4.69, 9.17) is 0 Å². The third-order valence-electron chi connectivity index (χ3n) is 4.81. The molecule has 0 bridgehead atoms. The second-order valence-electron chi connectivity index (χ2n) is 6.68. The summed E-state index contributed by atoms with van der Waals surface area (Å²) >= 11 is 0. The van der Waals surface area contributed by atoms with Crippen LogP contribution in [0.4, 0.5) is 5.69 Å². The van der Waals surface area contributed by atoms with Gasteiger partial charge in [0.15, 0.2) is 5.82 Å². The molecule has 0 saturated carbocycles. The fraction of sp³-hybridized carbons (Fsp3) is 0.238. The number of benzene rings is 2. The van der Waals surface area contributed by atoms with Gasteiger partial charge in [-0.2, -0.15) is 5.10 Å². The van der Waals surface area contributed by atoms with Gasteiger partial charge in [0.05, 0.1) is 0 Å². The van der Waals surface area contributed by atoms with E-state index in [-0.39, 0.29) is 11.8 Å². The molecule has 1 fully saturated rings. The Morgan fingerprint density at radius 1 is 1.11 bits per heavy atom. The van der Waals surface area contributed by atoms with Crippen LogP contribution in [0.15, 0.2) is 60.7 Å². The summed E-state index contributed by atoms with van der Waals surface area (Å²) in [7, 11) is 0. The Morgan fingerprint density at radius 2 is 1.82 bits per heavy atom. The molecule has 0 spiro atoms. The van der Waals surface area contributed by atoms with Crippen molar-refractivity contribution in [2.75, 3.05) is 18.0 Å². The van der Waals surface area contributed by atoms with Gasteiger partial charge in [0.2, 0.25) is 11.8 Å². The Hall–Kier alpha value is -3.48. The SMILES string of the molecule is O=C(NCCc1nc(-c2ccccc2)n[nH]1)[C@@H]1CCN(c2ccccc2)C1=O. The zero-order valence-corrected chi connectivity index (χ0v) is 15.3. The van der Waals surface area contributed by atoms with Crippen LogP contribution in [-0.4, -0.2) is 40.1 Å². The normalized spacial score (nSPS) is 16.4. The van der Waals surface area contributed by atoms with Crippen molar-refractivity contribution in [3.05, 3.63) is 66.5 Å². The number of aromatic amines is 1. The number of rotatable bonds is 6. The van der Waals surface area contributed by atoms with E-state index >= 15 is 0 Å². The number of hydrogen-bond acceptors (Lipinski definition) is 4. The molecule has 1 saturated heterocycles. The molecular formula is C21H21N5O2. The fourth-order valence-electron chi connectivity index (χ4n) is 3.34. The van der Waals surface area contributed by atoms with Gasteiger partial charge in [-0.3, -0.25) is 14.7 Å². The molecule has 2 aromatic carbocycles. The predicted molar refractivity (Wildman–Crippen MR) is 105 cm³/mol. The Balaban J connectivity index is 1.29. The van der Waals surface area contributed by atoms with Gasteiger partial charge in [0.25, 0.3) is 0 Å². The number of anilines is 1. The van der Waals surface area contributed by atoms with Gasteiger partial charge in [-0.1, -0.05) is 48.5 Å². The number of para-hydroxylation sites is 1. The van der Waals surface area contributed by atoms with E-state index in [0.29, 0.717) is 37.6 Å². The third kappa shape index (κ3) is 3.78. The lowest BCUT2D eigenvalue weighted by Crippen LogP contribution is -2.37. The minimum atomic E-state index is -0.630. The van der Waals surface area contributed by atoms with Crippen LogP contribution in [0.2, 0.25) is 0 Å². The summed E-state index contributed by atoms with van der Waals surface area (Å²) in [6.07, 6.45) is 1.05. The van der Waals surface area contributed by atoms with Crippen LogP contribution in [0.25, 0.3) is 11.4 Å². The maximum Gasteiger partial charge on any atom is 0.239 e. The van der Waals surface area contributed by atoms with E-state index in [2.05, 4.69) is 20.5 Å². The molecule has 28 heavy (non-hydrogen) atoms. The molecule has 1 aliphatic rings. The molecule has 2 amide bonds. The molecule has 4 rings (SSSR count). The van der Waals surface area contributed by atoms with Crippen LogP contribution in [0, 0.1) is 5.92 Å². The van der Waals surface area contributed by atoms with Crippen LogP contribution in [-0.2, 0) is 16.0 Å². The Labute approximate surface area is 162 Å². The van der Waals surface area contributed by atoms with Crippen LogP contribution in [0.3, 0.4) is 0 Å². The predicted octanol–water partition coefficient (Wildman–Crippen LogP) is 2.18. The molecule has 1 aliphatic heterocycles. The summed E-state index contributed by atoms with van der Waals surface area (Å²) in [6.45, 7) is 0.959. The zero-order chi connectivity index (χ0) is 19.3. The maximum atomic E-state index is 12.6. The van der Waals surface area contributed by atoms with E-state index in [1.54, 1.807) is 4.90 Å². The number of carbonyl (C=O) groups is 2. The van der Waals surface area contributed by atoms with Crippen molar-refractivity contribution in [1.82, 2.24) is 20.5 Å². The van der Waals surface area contributed by atoms with Gasteiger partial charge in [0, 0.05) is 30.8 Å². The van der Waals surface area contributed by atoms with Gasteiger partial charge in [-0.15, -0.1) is 0 Å². The van der Waals surface area contributed by atoms with E-state index in [9.17, 15) is 9.59 Å². The summed E-state index contributed by atoms with van der Waals surface area (Å²) in [5, 5.41) is 9.96. The lowest BCUT2D eigenvalue weighted by atomic mass is 10.1. The molecule has 142 valence electrons. The molecule has 7 heteroatoms. The highest BCUT2D eigenvalue weighted by Gasteiger charge is 2.37. The third-order valence-corrected chi connectivity index (χ3v) is 4.81. The van der Waals surface area contributed by atoms with E-state index < -0.39 is 5.92 Å². The van der Waals surface area contributed by atoms with Gasteiger partial charge in [-0.25, -0.2) is 4.98 Å². The molecule has 0 aliphatic carbocycles. The fourth-order valence-corrected chi connectivity index (χ4v) is 3.34. The first-order valence-electron chi connectivity index (χ1n) is 9.33. The lowest BCUT2D eigenvalue weighted by Gasteiger charge is -2.16. The average Bonchev–Trinajstić information content (AvgIpc) is 3.36. The molecule has 2 heterocycles. The topological polar surface area (TPSA) is 91.0 Å². The van der Waals surface area contributed by atoms with Gasteiger partial charge in [-0.05, 0) is 18.6 Å². The number of hydrogen-bond donors (Lipinski definition) is 2. The Kier molecular flexibility index (Phi) is 5.14. The highest BCUT2D eigenvalue weighted by molar-refractivity contribution is 6.09. The summed E-state index contributed by atoms with van der Waals surface area (Å²) in [4.78, 5) is 31.1. The highest BCUT2D eigenvalue weighted by Crippen LogP contribution is 2.25. The first-order valence-corrected chi connectivity index (χ1v) is 9.33. The minimum absolute atomic E-state index is 0.144. The van der Waals surface area contributed by atoms with Crippen LogP contribution >= 0.6 is 0 Å². The second kappa shape index (κ2) is 8.04. The molecular weight excluding hydrogens is 354 g/mol. The number of nitrogens with one attached hydrogen (secondary N) is 2. The smallest absolute Gasteiger partial charge is 0.239 e. The van der Waals surface area contributed by atoms with Crippen LogP contribution in [0.1, 0.15) is 12.2 Å². The monoisotopic (exact) mass is 375 g/mol. The molecule has 1 aromatic heterocycles. The average molecular weight is 375 g/mol. The molecule has 0 radical (unpaired) electrons. The van der Waals surface area contributed by atoms with E-state index in [0.717, 1.165) is 11.3 Å². The standard InChI is InChI=1S/C21H21N5O2/c27-20(17-12-14-26(21(17)28)16-9-5-2-6-10-16)22-13-11-18-23-19(25-24-18)15-7-3-1-4-8-15/h1-10,17H,11-14H2,(H,22,27)(H,23,24,25)/t17-/m0/s1. The van der Waals surface area contributed by atoms with Crippen molar-refractivity contribution in [3.63, 3.8) is 0 Å². The van der Waals surface area contributed by atoms with Crippen molar-refractivity contribution in [3.8, 4) is 11.4 Å². The number of amides is 2. The largest absolute Gasteiger partial charge is 0.355 e. The molecule has 0 unspecified atom stereocenters. The highest BCUT2D eigenvalue weighted by atomic mass is 16.2. The molecule has 1 atom stereocenters. The number of H-pyrrole nitrogens is 1. The summed E-state index contributed by atoms with van der Waals surface area (Å²) < 4.78 is 0. The van der Waals surface area contributed by atoms with Crippen molar-refractivity contribution in [2.24, 2.45) is 5.92 Å². The summed E-state index contributed by atoms with van der Waals surface area (Å²) in [6, 6.07) is 19.1. The molecule has 7 nitrogen and oxygen atoms in total. The summed E-state index contributed by atoms with van der Waals surface area (Å²) in [5.74, 6) is 0.324. The van der Waals surface area contributed by atoms with Gasteiger partial charge >= 0.3 is 0 Å². The summed E-state index contributed by atoms with van der Waals surface area (Å²) in [5.41, 5.74) is 1.77. The molecule has 3 aromatic rings. The van der Waals surface area contributed by atoms with Crippen LogP contribution < -0.4 is 10.2 Å². The number of nitrogens with zero attached hydrogens (tertiary/aromatic N) is 3. The van der Waals surface area contributed by atoms with Crippen molar-refractivity contribution in [2.45, 2.75) is 12.8 Å². The Morgan fingerprint density at radius 3 is 2.57 bits per heavy atom. The molecule has 2 N–H and O–H groups in total. The van der Waals surface area contributed by atoms with Gasteiger partial charge < -0.3 is 10.2 Å². The van der Waals surface area contributed by atoms with Crippen molar-refractivity contribution in [1.29, 1.82) is 0 Å². The quantitative estimate of drug-likeness (QED) is 0.646. The minimum Gasteiger partial charge on any atom is -0.355 e. The van der Waals surface area contributed by atoms with E-state index in [1.807, 2.05) is 60.7 Å². The number of aromatic nitrogens is 3. The lowest BCUT2D eigenvalue weighted by molar-refractivity contribution is -0.132.